The van der Waals surface area contributed by atoms with Gasteiger partial charge in [0.1, 0.15) is 0 Å². The summed E-state index contributed by atoms with van der Waals surface area (Å²) in [5.74, 6) is 0.0614. The molecule has 23 heavy (non-hydrogen) atoms. The lowest BCUT2D eigenvalue weighted by Gasteiger charge is -2.34. The molecule has 0 aromatic carbocycles. The van der Waals surface area contributed by atoms with Crippen molar-refractivity contribution in [2.24, 2.45) is 0 Å². The molecule has 5 heteroatoms. The number of hydrogen-bond acceptors (Lipinski definition) is 4. The molecular weight excluding hydrogens is 288 g/mol. The molecule has 0 aliphatic carbocycles. The van der Waals surface area contributed by atoms with Crippen molar-refractivity contribution < 1.29 is 4.79 Å². The van der Waals surface area contributed by atoms with Crippen LogP contribution in [0.2, 0.25) is 0 Å². The Balaban J connectivity index is 1.48. The number of carbonyl (C=O) groups excluding carboxylic acids is 1. The van der Waals surface area contributed by atoms with Gasteiger partial charge in [-0.05, 0) is 29.8 Å². The molecule has 3 rings (SSSR count). The molecule has 0 radical (unpaired) electrons. The highest BCUT2D eigenvalue weighted by atomic mass is 16.2. The van der Waals surface area contributed by atoms with E-state index in [1.54, 1.807) is 18.5 Å². The smallest absolute Gasteiger partial charge is 0.246 e. The zero-order valence-electron chi connectivity index (χ0n) is 13.0. The Morgan fingerprint density at radius 3 is 2.65 bits per heavy atom. The van der Waals surface area contributed by atoms with Crippen LogP contribution >= 0.6 is 0 Å². The van der Waals surface area contributed by atoms with Crippen LogP contribution in [0, 0.1) is 0 Å². The first-order valence-corrected chi connectivity index (χ1v) is 7.80. The fourth-order valence-corrected chi connectivity index (χ4v) is 2.59. The first-order chi connectivity index (χ1) is 11.3. The van der Waals surface area contributed by atoms with Gasteiger partial charge in [-0.25, -0.2) is 0 Å². The minimum absolute atomic E-state index is 0.0614. The SMILES string of the molecule is O=C(C=Cc1cccnc1)N1CCN(Cc2ccccn2)CC1. The van der Waals surface area contributed by atoms with E-state index in [4.69, 9.17) is 0 Å². The largest absolute Gasteiger partial charge is 0.337 e. The van der Waals surface area contributed by atoms with Crippen LogP contribution in [0.3, 0.4) is 0 Å². The van der Waals surface area contributed by atoms with Crippen LogP contribution in [-0.2, 0) is 11.3 Å². The molecule has 3 heterocycles. The van der Waals surface area contributed by atoms with Crippen molar-refractivity contribution in [3.05, 3.63) is 66.3 Å². The zero-order chi connectivity index (χ0) is 15.9. The lowest BCUT2D eigenvalue weighted by molar-refractivity contribution is -0.127. The number of hydrogen-bond donors (Lipinski definition) is 0. The Morgan fingerprint density at radius 2 is 1.96 bits per heavy atom. The van der Waals surface area contributed by atoms with Gasteiger partial charge in [0.15, 0.2) is 0 Å². The molecule has 1 amide bonds. The Kier molecular flexibility index (Phi) is 5.11. The molecule has 2 aromatic rings. The summed E-state index contributed by atoms with van der Waals surface area (Å²) in [4.78, 5) is 24.8. The number of rotatable bonds is 4. The van der Waals surface area contributed by atoms with Crippen LogP contribution < -0.4 is 0 Å². The molecule has 0 atom stereocenters. The normalized spacial score (nSPS) is 15.9. The fourth-order valence-electron chi connectivity index (χ4n) is 2.59. The number of carbonyl (C=O) groups is 1. The van der Waals surface area contributed by atoms with Crippen LogP contribution in [0.5, 0.6) is 0 Å². The van der Waals surface area contributed by atoms with Crippen molar-refractivity contribution in [1.29, 1.82) is 0 Å². The lowest BCUT2D eigenvalue weighted by atomic mass is 10.2. The number of nitrogens with zero attached hydrogens (tertiary/aromatic N) is 4. The third-order valence-corrected chi connectivity index (χ3v) is 3.90. The molecule has 0 N–H and O–H groups in total. The quantitative estimate of drug-likeness (QED) is 0.809. The summed E-state index contributed by atoms with van der Waals surface area (Å²) in [7, 11) is 0. The van der Waals surface area contributed by atoms with E-state index in [2.05, 4.69) is 14.9 Å². The second-order valence-corrected chi connectivity index (χ2v) is 5.54. The fraction of sp³-hybridized carbons (Fsp3) is 0.278. The van der Waals surface area contributed by atoms with Crippen molar-refractivity contribution in [3.8, 4) is 0 Å². The zero-order valence-corrected chi connectivity index (χ0v) is 13.0. The first-order valence-electron chi connectivity index (χ1n) is 7.80. The van der Waals surface area contributed by atoms with Gasteiger partial charge in [0.25, 0.3) is 0 Å². The standard InChI is InChI=1S/C18H20N4O/c23-18(7-6-16-4-3-8-19-14-16)22-12-10-21(11-13-22)15-17-5-1-2-9-20-17/h1-9,14H,10-13,15H2. The average Bonchev–Trinajstić information content (AvgIpc) is 2.62. The molecule has 0 bridgehead atoms. The van der Waals surface area contributed by atoms with Gasteiger partial charge in [-0.15, -0.1) is 0 Å². The third-order valence-electron chi connectivity index (χ3n) is 3.90. The minimum atomic E-state index is 0.0614. The molecular formula is C18H20N4O. The molecule has 118 valence electrons. The highest BCUT2D eigenvalue weighted by Gasteiger charge is 2.19. The summed E-state index contributed by atoms with van der Waals surface area (Å²) in [5.41, 5.74) is 2.01. The van der Waals surface area contributed by atoms with E-state index in [-0.39, 0.29) is 5.91 Å². The molecule has 1 aliphatic rings. The van der Waals surface area contributed by atoms with E-state index in [1.807, 2.05) is 47.5 Å². The minimum Gasteiger partial charge on any atom is -0.337 e. The second kappa shape index (κ2) is 7.65. The number of piperazine rings is 1. The second-order valence-electron chi connectivity index (χ2n) is 5.54. The maximum absolute atomic E-state index is 12.2. The Labute approximate surface area is 136 Å². The average molecular weight is 308 g/mol. The Morgan fingerprint density at radius 1 is 1.09 bits per heavy atom. The van der Waals surface area contributed by atoms with Gasteiger partial charge < -0.3 is 4.90 Å². The number of pyridine rings is 2. The van der Waals surface area contributed by atoms with Gasteiger partial charge in [0.05, 0.1) is 5.69 Å². The summed E-state index contributed by atoms with van der Waals surface area (Å²) >= 11 is 0. The van der Waals surface area contributed by atoms with Crippen LogP contribution in [-0.4, -0.2) is 51.9 Å². The third kappa shape index (κ3) is 4.47. The summed E-state index contributed by atoms with van der Waals surface area (Å²) < 4.78 is 0. The maximum Gasteiger partial charge on any atom is 0.246 e. The van der Waals surface area contributed by atoms with Gasteiger partial charge >= 0.3 is 0 Å². The van der Waals surface area contributed by atoms with Crippen molar-refractivity contribution in [1.82, 2.24) is 19.8 Å². The van der Waals surface area contributed by atoms with Gasteiger partial charge in [-0.1, -0.05) is 12.1 Å². The monoisotopic (exact) mass is 308 g/mol. The van der Waals surface area contributed by atoms with E-state index in [0.717, 1.165) is 44.0 Å². The van der Waals surface area contributed by atoms with Crippen molar-refractivity contribution in [2.45, 2.75) is 6.54 Å². The van der Waals surface area contributed by atoms with Crippen LogP contribution in [0.1, 0.15) is 11.3 Å². The van der Waals surface area contributed by atoms with Gasteiger partial charge in [0.2, 0.25) is 5.91 Å². The first kappa shape index (κ1) is 15.4. The van der Waals surface area contributed by atoms with Gasteiger partial charge in [-0.2, -0.15) is 0 Å². The number of amides is 1. The molecule has 1 saturated heterocycles. The van der Waals surface area contributed by atoms with Crippen LogP contribution in [0.25, 0.3) is 6.08 Å². The van der Waals surface area contributed by atoms with Crippen molar-refractivity contribution >= 4 is 12.0 Å². The maximum atomic E-state index is 12.2. The highest BCUT2D eigenvalue weighted by molar-refractivity contribution is 5.91. The summed E-state index contributed by atoms with van der Waals surface area (Å²) in [6, 6.07) is 9.76. The Bertz CT molecular complexity index is 649. The van der Waals surface area contributed by atoms with E-state index < -0.39 is 0 Å². The van der Waals surface area contributed by atoms with E-state index in [9.17, 15) is 4.79 Å². The predicted molar refractivity (Wildman–Crippen MR) is 89.4 cm³/mol. The van der Waals surface area contributed by atoms with E-state index >= 15 is 0 Å². The molecule has 0 spiro atoms. The lowest BCUT2D eigenvalue weighted by Crippen LogP contribution is -2.47. The molecule has 1 fully saturated rings. The van der Waals surface area contributed by atoms with Crippen molar-refractivity contribution in [2.75, 3.05) is 26.2 Å². The predicted octanol–water partition coefficient (Wildman–Crippen LogP) is 1.83. The van der Waals surface area contributed by atoms with Crippen LogP contribution in [0.4, 0.5) is 0 Å². The molecule has 5 nitrogen and oxygen atoms in total. The topological polar surface area (TPSA) is 49.3 Å². The van der Waals surface area contributed by atoms with Crippen LogP contribution in [0.15, 0.2) is 55.0 Å². The number of aromatic nitrogens is 2. The summed E-state index contributed by atoms with van der Waals surface area (Å²) in [6.07, 6.45) is 8.73. The summed E-state index contributed by atoms with van der Waals surface area (Å²) in [6.45, 7) is 4.10. The van der Waals surface area contributed by atoms with E-state index in [1.165, 1.54) is 0 Å². The van der Waals surface area contributed by atoms with E-state index in [0.29, 0.717) is 0 Å². The van der Waals surface area contributed by atoms with Gasteiger partial charge in [-0.3, -0.25) is 19.7 Å². The Hall–Kier alpha value is -2.53. The summed E-state index contributed by atoms with van der Waals surface area (Å²) in [5, 5.41) is 0. The molecule has 1 aliphatic heterocycles. The molecule has 0 unspecified atom stereocenters. The molecule has 0 saturated carbocycles. The van der Waals surface area contributed by atoms with Gasteiger partial charge in [0, 0.05) is 57.4 Å². The molecule has 2 aromatic heterocycles. The highest BCUT2D eigenvalue weighted by Crippen LogP contribution is 2.08. The van der Waals surface area contributed by atoms with Crippen molar-refractivity contribution in [3.63, 3.8) is 0 Å².